The minimum Gasteiger partial charge on any atom is -0.372 e. The zero-order valence-corrected chi connectivity index (χ0v) is 14.4. The second-order valence-corrected chi connectivity index (χ2v) is 6.25. The van der Waals surface area contributed by atoms with Crippen molar-refractivity contribution in [3.05, 3.63) is 78.4 Å². The first-order valence-corrected chi connectivity index (χ1v) is 8.66. The van der Waals surface area contributed by atoms with E-state index in [0.717, 1.165) is 38.3 Å². The number of benzene rings is 2. The van der Waals surface area contributed by atoms with Crippen molar-refractivity contribution in [2.75, 3.05) is 25.0 Å². The molecule has 2 aromatic carbocycles. The number of nitrogens with zero attached hydrogens (tertiary/aromatic N) is 1. The Morgan fingerprint density at radius 2 is 1.96 bits per heavy atom. The SMILES string of the molecule is C=CC(=O)Nc1ccc(CN2CCCOC(c3ccccc3)C2)cc1. The Bertz CT molecular complexity index is 698. The van der Waals surface area contributed by atoms with E-state index in [0.29, 0.717) is 0 Å². The molecule has 1 amide bonds. The van der Waals surface area contributed by atoms with Crippen LogP contribution in [-0.4, -0.2) is 30.5 Å². The van der Waals surface area contributed by atoms with E-state index in [1.807, 2.05) is 18.2 Å². The quantitative estimate of drug-likeness (QED) is 0.845. The van der Waals surface area contributed by atoms with Crippen molar-refractivity contribution in [1.82, 2.24) is 4.90 Å². The summed E-state index contributed by atoms with van der Waals surface area (Å²) < 4.78 is 6.03. The molecular formula is C21H24N2O2. The van der Waals surface area contributed by atoms with E-state index in [1.54, 1.807) is 0 Å². The van der Waals surface area contributed by atoms with Crippen molar-refractivity contribution in [3.8, 4) is 0 Å². The van der Waals surface area contributed by atoms with E-state index in [1.165, 1.54) is 17.2 Å². The molecule has 1 heterocycles. The van der Waals surface area contributed by atoms with Crippen LogP contribution in [0.15, 0.2) is 67.3 Å². The fourth-order valence-corrected chi connectivity index (χ4v) is 3.05. The fourth-order valence-electron chi connectivity index (χ4n) is 3.05. The molecule has 0 radical (unpaired) electrons. The zero-order chi connectivity index (χ0) is 17.5. The molecule has 2 aromatic rings. The predicted octanol–water partition coefficient (Wildman–Crippen LogP) is 3.77. The van der Waals surface area contributed by atoms with Crippen LogP contribution in [0.1, 0.15) is 23.7 Å². The molecule has 3 rings (SSSR count). The molecule has 0 aromatic heterocycles. The van der Waals surface area contributed by atoms with Crippen LogP contribution < -0.4 is 5.32 Å². The molecule has 1 N–H and O–H groups in total. The molecule has 0 spiro atoms. The molecule has 0 aliphatic carbocycles. The van der Waals surface area contributed by atoms with Crippen LogP contribution in [0.25, 0.3) is 0 Å². The van der Waals surface area contributed by atoms with Gasteiger partial charge in [0.05, 0.1) is 6.10 Å². The van der Waals surface area contributed by atoms with Gasteiger partial charge in [0.25, 0.3) is 0 Å². The Morgan fingerprint density at radius 1 is 1.20 bits per heavy atom. The summed E-state index contributed by atoms with van der Waals surface area (Å²) in [4.78, 5) is 13.8. The first-order chi connectivity index (χ1) is 12.2. The van der Waals surface area contributed by atoms with Gasteiger partial charge in [0.15, 0.2) is 0 Å². The smallest absolute Gasteiger partial charge is 0.247 e. The molecule has 25 heavy (non-hydrogen) atoms. The van der Waals surface area contributed by atoms with Crippen molar-refractivity contribution < 1.29 is 9.53 Å². The molecular weight excluding hydrogens is 312 g/mol. The molecule has 1 unspecified atom stereocenters. The summed E-state index contributed by atoms with van der Waals surface area (Å²) in [7, 11) is 0. The van der Waals surface area contributed by atoms with Gasteiger partial charge in [0, 0.05) is 31.9 Å². The van der Waals surface area contributed by atoms with Crippen LogP contribution >= 0.6 is 0 Å². The van der Waals surface area contributed by atoms with E-state index in [9.17, 15) is 4.79 Å². The summed E-state index contributed by atoms with van der Waals surface area (Å²) in [6, 6.07) is 18.4. The molecule has 1 aliphatic heterocycles. The van der Waals surface area contributed by atoms with Gasteiger partial charge in [0.2, 0.25) is 5.91 Å². The first-order valence-electron chi connectivity index (χ1n) is 8.66. The van der Waals surface area contributed by atoms with Gasteiger partial charge < -0.3 is 10.1 Å². The van der Waals surface area contributed by atoms with E-state index < -0.39 is 0 Å². The third-order valence-electron chi connectivity index (χ3n) is 4.35. The highest BCUT2D eigenvalue weighted by atomic mass is 16.5. The maximum atomic E-state index is 11.3. The summed E-state index contributed by atoms with van der Waals surface area (Å²) in [5, 5.41) is 2.77. The Balaban J connectivity index is 1.63. The van der Waals surface area contributed by atoms with Gasteiger partial charge in [-0.05, 0) is 35.8 Å². The third-order valence-corrected chi connectivity index (χ3v) is 4.35. The van der Waals surface area contributed by atoms with Crippen molar-refractivity contribution in [1.29, 1.82) is 0 Å². The highest BCUT2D eigenvalue weighted by molar-refractivity contribution is 5.98. The maximum Gasteiger partial charge on any atom is 0.247 e. The number of carbonyl (C=O) groups is 1. The summed E-state index contributed by atoms with van der Waals surface area (Å²) in [5.74, 6) is -0.192. The minimum absolute atomic E-state index is 0.120. The van der Waals surface area contributed by atoms with Crippen LogP contribution in [0.4, 0.5) is 5.69 Å². The second kappa shape index (κ2) is 8.60. The second-order valence-electron chi connectivity index (χ2n) is 6.25. The Hall–Kier alpha value is -2.43. The van der Waals surface area contributed by atoms with Crippen LogP contribution in [0, 0.1) is 0 Å². The number of ether oxygens (including phenoxy) is 1. The van der Waals surface area contributed by atoms with Crippen molar-refractivity contribution in [2.45, 2.75) is 19.1 Å². The van der Waals surface area contributed by atoms with Crippen molar-refractivity contribution in [2.24, 2.45) is 0 Å². The number of hydrogen-bond acceptors (Lipinski definition) is 3. The predicted molar refractivity (Wildman–Crippen MR) is 100 cm³/mol. The Kier molecular flexibility index (Phi) is 5.99. The average molecular weight is 336 g/mol. The molecule has 1 aliphatic rings. The van der Waals surface area contributed by atoms with Gasteiger partial charge in [0.1, 0.15) is 0 Å². The standard InChI is InChI=1S/C21H24N2O2/c1-2-21(24)22-19-11-9-17(10-12-19)15-23-13-6-14-25-20(16-23)18-7-4-3-5-8-18/h2-5,7-12,20H,1,6,13-16H2,(H,22,24). The minimum atomic E-state index is -0.192. The molecule has 4 heteroatoms. The van der Waals surface area contributed by atoms with Crippen molar-refractivity contribution >= 4 is 11.6 Å². The van der Waals surface area contributed by atoms with Gasteiger partial charge in [-0.15, -0.1) is 0 Å². The number of carbonyl (C=O) groups excluding carboxylic acids is 1. The lowest BCUT2D eigenvalue weighted by molar-refractivity contribution is -0.111. The normalized spacial score (nSPS) is 18.3. The third kappa shape index (κ3) is 5.02. The topological polar surface area (TPSA) is 41.6 Å². The van der Waals surface area contributed by atoms with Gasteiger partial charge in [-0.1, -0.05) is 49.0 Å². The largest absolute Gasteiger partial charge is 0.372 e. The zero-order valence-electron chi connectivity index (χ0n) is 14.4. The maximum absolute atomic E-state index is 11.3. The number of rotatable bonds is 5. The number of hydrogen-bond donors (Lipinski definition) is 1. The summed E-state index contributed by atoms with van der Waals surface area (Å²) >= 11 is 0. The van der Waals surface area contributed by atoms with Gasteiger partial charge in [-0.2, -0.15) is 0 Å². The van der Waals surface area contributed by atoms with E-state index >= 15 is 0 Å². The molecule has 4 nitrogen and oxygen atoms in total. The molecule has 1 fully saturated rings. The summed E-state index contributed by atoms with van der Waals surface area (Å²) in [5.41, 5.74) is 3.25. The summed E-state index contributed by atoms with van der Waals surface area (Å²) in [6.07, 6.45) is 2.43. The monoisotopic (exact) mass is 336 g/mol. The van der Waals surface area contributed by atoms with Gasteiger partial charge in [-0.3, -0.25) is 9.69 Å². The molecule has 0 bridgehead atoms. The van der Waals surface area contributed by atoms with Gasteiger partial charge in [-0.25, -0.2) is 0 Å². The first kappa shape index (κ1) is 17.4. The van der Waals surface area contributed by atoms with Crippen LogP contribution in [-0.2, 0) is 16.1 Å². The Morgan fingerprint density at radius 3 is 2.68 bits per heavy atom. The lowest BCUT2D eigenvalue weighted by Crippen LogP contribution is -2.27. The van der Waals surface area contributed by atoms with Crippen LogP contribution in [0.3, 0.4) is 0 Å². The van der Waals surface area contributed by atoms with E-state index in [-0.39, 0.29) is 12.0 Å². The van der Waals surface area contributed by atoms with Crippen LogP contribution in [0.2, 0.25) is 0 Å². The molecule has 130 valence electrons. The van der Waals surface area contributed by atoms with E-state index in [4.69, 9.17) is 4.74 Å². The van der Waals surface area contributed by atoms with Crippen LogP contribution in [0.5, 0.6) is 0 Å². The molecule has 0 saturated carbocycles. The van der Waals surface area contributed by atoms with Gasteiger partial charge >= 0.3 is 0 Å². The lowest BCUT2D eigenvalue weighted by atomic mass is 10.1. The van der Waals surface area contributed by atoms with Crippen molar-refractivity contribution in [3.63, 3.8) is 0 Å². The number of nitrogens with one attached hydrogen (secondary N) is 1. The number of amides is 1. The number of anilines is 1. The lowest BCUT2D eigenvalue weighted by Gasteiger charge is -2.24. The Labute approximate surface area is 149 Å². The summed E-state index contributed by atoms with van der Waals surface area (Å²) in [6.45, 7) is 7.05. The average Bonchev–Trinajstić information content (AvgIpc) is 2.89. The molecule has 1 saturated heterocycles. The van der Waals surface area contributed by atoms with E-state index in [2.05, 4.69) is 53.2 Å². The molecule has 1 atom stereocenters. The highest BCUT2D eigenvalue weighted by Gasteiger charge is 2.20. The fraction of sp³-hybridized carbons (Fsp3) is 0.286. The highest BCUT2D eigenvalue weighted by Crippen LogP contribution is 2.23.